The Morgan fingerprint density at radius 2 is 1.79 bits per heavy atom. The molecule has 0 radical (unpaired) electrons. The Labute approximate surface area is 162 Å². The molecular weight excluding hydrogens is 364 g/mol. The van der Waals surface area contributed by atoms with Crippen LogP contribution in [0.5, 0.6) is 0 Å². The van der Waals surface area contributed by atoms with Gasteiger partial charge in [0.25, 0.3) is 5.91 Å². The summed E-state index contributed by atoms with van der Waals surface area (Å²) in [5.41, 5.74) is 2.05. The minimum Gasteiger partial charge on any atom is -0.456 e. The largest absolute Gasteiger partial charge is 0.456 e. The van der Waals surface area contributed by atoms with E-state index in [1.54, 1.807) is 18.7 Å². The van der Waals surface area contributed by atoms with Gasteiger partial charge in [0.05, 0.1) is 35.3 Å². The molecule has 2 atom stereocenters. The Kier molecular flexibility index (Phi) is 5.62. The molecule has 3 rings (SSSR count). The van der Waals surface area contributed by atoms with Crippen LogP contribution in [0.2, 0.25) is 0 Å². The number of rotatable bonds is 6. The summed E-state index contributed by atoms with van der Waals surface area (Å²) >= 11 is 0. The van der Waals surface area contributed by atoms with Crippen molar-refractivity contribution in [2.75, 3.05) is 18.5 Å². The lowest BCUT2D eigenvalue weighted by Crippen LogP contribution is -2.33. The van der Waals surface area contributed by atoms with Crippen molar-refractivity contribution in [1.29, 1.82) is 0 Å². The second-order valence-corrected chi connectivity index (χ2v) is 7.11. The summed E-state index contributed by atoms with van der Waals surface area (Å²) in [6.45, 7) is 3.13. The van der Waals surface area contributed by atoms with Crippen LogP contribution >= 0.6 is 0 Å². The summed E-state index contributed by atoms with van der Waals surface area (Å²) < 4.78 is 6.62. The highest BCUT2D eigenvalue weighted by Gasteiger charge is 2.46. The van der Waals surface area contributed by atoms with Crippen molar-refractivity contribution in [3.8, 4) is 0 Å². The standard InChI is InChI=1S/C19H24N4O5/c1-11-17(12(2)22(3)21-11)20-15(24)10-28-16(25)8-9-23-18(26)13-6-4-5-7-14(13)19(23)27/h4-5,13-14H,6-10H2,1-3H3,(H,20,24)/t13-,14-/m1/s1. The number of hydrogen-bond donors (Lipinski definition) is 1. The van der Waals surface area contributed by atoms with E-state index in [9.17, 15) is 19.2 Å². The van der Waals surface area contributed by atoms with Gasteiger partial charge in [0.15, 0.2) is 6.61 Å². The first-order valence-corrected chi connectivity index (χ1v) is 9.25. The number of aryl methyl sites for hydroxylation is 2. The topological polar surface area (TPSA) is 111 Å². The molecule has 0 saturated carbocycles. The Morgan fingerprint density at radius 1 is 1.18 bits per heavy atom. The van der Waals surface area contributed by atoms with E-state index in [1.807, 2.05) is 19.1 Å². The van der Waals surface area contributed by atoms with E-state index in [2.05, 4.69) is 10.4 Å². The first kappa shape index (κ1) is 19.8. The van der Waals surface area contributed by atoms with Crippen LogP contribution in [0, 0.1) is 25.7 Å². The summed E-state index contributed by atoms with van der Waals surface area (Å²) in [4.78, 5) is 49.8. The van der Waals surface area contributed by atoms with Gasteiger partial charge in [-0.15, -0.1) is 0 Å². The number of fused-ring (bicyclic) bond motifs is 1. The first-order chi connectivity index (χ1) is 13.3. The Hall–Kier alpha value is -2.97. The van der Waals surface area contributed by atoms with Crippen molar-refractivity contribution in [3.05, 3.63) is 23.5 Å². The van der Waals surface area contributed by atoms with Crippen LogP contribution in [-0.4, -0.2) is 51.5 Å². The average Bonchev–Trinajstić information content (AvgIpc) is 3.06. The molecule has 9 heteroatoms. The Morgan fingerprint density at radius 3 is 2.32 bits per heavy atom. The smallest absolute Gasteiger partial charge is 0.308 e. The molecule has 1 aliphatic heterocycles. The predicted molar refractivity (Wildman–Crippen MR) is 99.0 cm³/mol. The average molecular weight is 388 g/mol. The number of nitrogens with zero attached hydrogens (tertiary/aromatic N) is 3. The lowest BCUT2D eigenvalue weighted by molar-refractivity contribution is -0.148. The van der Waals surface area contributed by atoms with Crippen LogP contribution in [0.1, 0.15) is 30.7 Å². The van der Waals surface area contributed by atoms with E-state index >= 15 is 0 Å². The molecule has 2 heterocycles. The van der Waals surface area contributed by atoms with E-state index in [0.29, 0.717) is 24.2 Å². The van der Waals surface area contributed by atoms with Gasteiger partial charge >= 0.3 is 5.97 Å². The van der Waals surface area contributed by atoms with Gasteiger partial charge in [-0.05, 0) is 26.7 Å². The molecule has 2 aliphatic rings. The van der Waals surface area contributed by atoms with E-state index < -0.39 is 18.5 Å². The number of amides is 3. The van der Waals surface area contributed by atoms with Gasteiger partial charge in [0, 0.05) is 13.6 Å². The van der Waals surface area contributed by atoms with Gasteiger partial charge in [-0.25, -0.2) is 0 Å². The molecule has 9 nitrogen and oxygen atoms in total. The number of nitrogens with one attached hydrogen (secondary N) is 1. The van der Waals surface area contributed by atoms with Crippen molar-refractivity contribution in [2.45, 2.75) is 33.1 Å². The third-order valence-electron chi connectivity index (χ3n) is 5.28. The fraction of sp³-hybridized carbons (Fsp3) is 0.526. The van der Waals surface area contributed by atoms with Gasteiger partial charge < -0.3 is 10.1 Å². The second kappa shape index (κ2) is 7.95. The number of hydrogen-bond acceptors (Lipinski definition) is 6. The SMILES string of the molecule is Cc1nn(C)c(C)c1NC(=O)COC(=O)CCN1C(=O)[C@@H]2CC=CC[C@H]2C1=O. The molecule has 0 spiro atoms. The highest BCUT2D eigenvalue weighted by Crippen LogP contribution is 2.35. The summed E-state index contributed by atoms with van der Waals surface area (Å²) in [6, 6.07) is 0. The third kappa shape index (κ3) is 3.83. The minimum absolute atomic E-state index is 0.0219. The van der Waals surface area contributed by atoms with Crippen molar-refractivity contribution in [3.63, 3.8) is 0 Å². The zero-order valence-corrected chi connectivity index (χ0v) is 16.2. The number of carbonyl (C=O) groups excluding carboxylic acids is 4. The molecule has 1 saturated heterocycles. The number of esters is 1. The lowest BCUT2D eigenvalue weighted by Gasteiger charge is -2.14. The lowest BCUT2D eigenvalue weighted by atomic mass is 9.85. The van der Waals surface area contributed by atoms with Crippen molar-refractivity contribution >= 4 is 29.4 Å². The Bertz CT molecular complexity index is 831. The molecule has 0 bridgehead atoms. The van der Waals surface area contributed by atoms with E-state index in [1.165, 1.54) is 0 Å². The van der Waals surface area contributed by atoms with Crippen molar-refractivity contribution in [1.82, 2.24) is 14.7 Å². The van der Waals surface area contributed by atoms with Gasteiger partial charge in [0.1, 0.15) is 0 Å². The normalized spacial score (nSPS) is 21.0. The highest BCUT2D eigenvalue weighted by molar-refractivity contribution is 6.05. The Balaban J connectivity index is 1.45. The number of imide groups is 1. The van der Waals surface area contributed by atoms with Crippen LogP contribution in [0.4, 0.5) is 5.69 Å². The summed E-state index contributed by atoms with van der Waals surface area (Å²) in [6.07, 6.45) is 4.80. The molecule has 3 amide bonds. The monoisotopic (exact) mass is 388 g/mol. The van der Waals surface area contributed by atoms with E-state index in [4.69, 9.17) is 4.74 Å². The van der Waals surface area contributed by atoms with Gasteiger partial charge in [-0.1, -0.05) is 12.2 Å². The van der Waals surface area contributed by atoms with E-state index in [-0.39, 0.29) is 36.6 Å². The van der Waals surface area contributed by atoms with Crippen LogP contribution in [0.15, 0.2) is 12.2 Å². The van der Waals surface area contributed by atoms with Crippen molar-refractivity contribution in [2.24, 2.45) is 18.9 Å². The van der Waals surface area contributed by atoms with Gasteiger partial charge in [-0.2, -0.15) is 5.10 Å². The fourth-order valence-corrected chi connectivity index (χ4v) is 3.64. The molecule has 1 aromatic rings. The predicted octanol–water partition coefficient (Wildman–Crippen LogP) is 0.860. The molecule has 1 aliphatic carbocycles. The minimum atomic E-state index is -0.636. The number of anilines is 1. The quantitative estimate of drug-likeness (QED) is 0.440. The zero-order chi connectivity index (χ0) is 20.4. The molecule has 0 unspecified atom stereocenters. The maximum Gasteiger partial charge on any atom is 0.308 e. The number of ether oxygens (including phenoxy) is 1. The molecule has 1 fully saturated rings. The zero-order valence-electron chi connectivity index (χ0n) is 16.2. The number of allylic oxidation sites excluding steroid dienone is 2. The highest BCUT2D eigenvalue weighted by atomic mass is 16.5. The van der Waals surface area contributed by atoms with Crippen LogP contribution in [0.3, 0.4) is 0 Å². The summed E-state index contributed by atoms with van der Waals surface area (Å²) in [5.74, 6) is -2.20. The number of carbonyl (C=O) groups is 4. The molecule has 150 valence electrons. The van der Waals surface area contributed by atoms with Gasteiger partial charge in [0.2, 0.25) is 11.8 Å². The maximum absolute atomic E-state index is 12.3. The maximum atomic E-state index is 12.3. The van der Waals surface area contributed by atoms with Gasteiger partial charge in [-0.3, -0.25) is 28.8 Å². The first-order valence-electron chi connectivity index (χ1n) is 9.25. The molecular formula is C19H24N4O5. The van der Waals surface area contributed by atoms with Crippen molar-refractivity contribution < 1.29 is 23.9 Å². The fourth-order valence-electron chi connectivity index (χ4n) is 3.64. The second-order valence-electron chi connectivity index (χ2n) is 7.11. The van der Waals surface area contributed by atoms with Crippen LogP contribution < -0.4 is 5.32 Å². The number of likely N-dealkylation sites (tertiary alicyclic amines) is 1. The molecule has 1 aromatic heterocycles. The molecule has 28 heavy (non-hydrogen) atoms. The summed E-state index contributed by atoms with van der Waals surface area (Å²) in [5, 5.41) is 6.87. The molecule has 1 N–H and O–H groups in total. The third-order valence-corrected chi connectivity index (χ3v) is 5.28. The number of aromatic nitrogens is 2. The molecule has 0 aromatic carbocycles. The summed E-state index contributed by atoms with van der Waals surface area (Å²) in [7, 11) is 1.77. The van der Waals surface area contributed by atoms with Crippen LogP contribution in [0.25, 0.3) is 0 Å². The van der Waals surface area contributed by atoms with Crippen LogP contribution in [-0.2, 0) is 31.0 Å². The van der Waals surface area contributed by atoms with E-state index in [0.717, 1.165) is 10.6 Å².